The van der Waals surface area contributed by atoms with E-state index in [2.05, 4.69) is 25.4 Å². The number of anilines is 1. The Morgan fingerprint density at radius 1 is 1.14 bits per heavy atom. The Labute approximate surface area is 169 Å². The highest BCUT2D eigenvalue weighted by Crippen LogP contribution is 2.22. The molecule has 9 heteroatoms. The summed E-state index contributed by atoms with van der Waals surface area (Å²) in [7, 11) is 0. The van der Waals surface area contributed by atoms with Gasteiger partial charge in [-0.1, -0.05) is 29.4 Å². The first-order valence-electron chi connectivity index (χ1n) is 8.89. The quantitative estimate of drug-likeness (QED) is 0.498. The van der Waals surface area contributed by atoms with Crippen molar-refractivity contribution in [2.45, 2.75) is 19.3 Å². The van der Waals surface area contributed by atoms with Crippen LogP contribution in [0.4, 0.5) is 9.52 Å². The predicted molar refractivity (Wildman–Crippen MR) is 106 cm³/mol. The van der Waals surface area contributed by atoms with Crippen LogP contribution in [0.15, 0.2) is 59.4 Å². The first-order chi connectivity index (χ1) is 14.2. The summed E-state index contributed by atoms with van der Waals surface area (Å²) in [6, 6.07) is 12.0. The smallest absolute Gasteiger partial charge is 0.227 e. The van der Waals surface area contributed by atoms with Crippen LogP contribution in [0.2, 0.25) is 0 Å². The van der Waals surface area contributed by atoms with Gasteiger partial charge in [0.25, 0.3) is 0 Å². The number of nitrogens with one attached hydrogen (secondary N) is 1. The molecule has 0 unspecified atom stereocenters. The number of amides is 1. The van der Waals surface area contributed by atoms with E-state index in [0.29, 0.717) is 40.9 Å². The molecule has 4 aromatic rings. The maximum atomic E-state index is 13.8. The fourth-order valence-corrected chi connectivity index (χ4v) is 3.49. The van der Waals surface area contributed by atoms with Gasteiger partial charge in [-0.2, -0.15) is 4.98 Å². The molecule has 0 fully saturated rings. The van der Waals surface area contributed by atoms with Crippen LogP contribution in [0.5, 0.6) is 0 Å². The van der Waals surface area contributed by atoms with Crippen molar-refractivity contribution in [2.75, 3.05) is 5.32 Å². The third-order valence-electron chi connectivity index (χ3n) is 4.05. The average Bonchev–Trinajstić information content (AvgIpc) is 3.38. The van der Waals surface area contributed by atoms with Crippen LogP contribution >= 0.6 is 11.3 Å². The standard InChI is InChI=1S/C20H16FN5O2S/c21-15-6-2-1-5-13(15)11-14-12-23-20(29-14)24-17(27)8-9-18-25-19(26-28-18)16-7-3-4-10-22-16/h1-7,10,12H,8-9,11H2,(H,23,24,27). The zero-order valence-electron chi connectivity index (χ0n) is 15.2. The fraction of sp³-hybridized carbons (Fsp3) is 0.150. The summed E-state index contributed by atoms with van der Waals surface area (Å²) < 4.78 is 18.9. The van der Waals surface area contributed by atoms with Gasteiger partial charge < -0.3 is 9.84 Å². The van der Waals surface area contributed by atoms with Crippen molar-refractivity contribution < 1.29 is 13.7 Å². The summed E-state index contributed by atoms with van der Waals surface area (Å²) >= 11 is 1.32. The van der Waals surface area contributed by atoms with Crippen LogP contribution in [0.25, 0.3) is 11.5 Å². The number of pyridine rings is 1. The van der Waals surface area contributed by atoms with E-state index in [9.17, 15) is 9.18 Å². The molecule has 4 rings (SSSR count). The molecule has 146 valence electrons. The highest BCUT2D eigenvalue weighted by molar-refractivity contribution is 7.15. The van der Waals surface area contributed by atoms with E-state index in [-0.39, 0.29) is 18.1 Å². The number of carbonyl (C=O) groups excluding carboxylic acids is 1. The first-order valence-corrected chi connectivity index (χ1v) is 9.71. The molecular formula is C20H16FN5O2S. The van der Waals surface area contributed by atoms with Crippen molar-refractivity contribution in [3.05, 3.63) is 77.0 Å². The molecule has 0 saturated carbocycles. The second kappa shape index (κ2) is 8.70. The number of aryl methyl sites for hydroxylation is 1. The Morgan fingerprint density at radius 2 is 2.00 bits per heavy atom. The summed E-state index contributed by atoms with van der Waals surface area (Å²) in [5.74, 6) is 0.282. The van der Waals surface area contributed by atoms with Gasteiger partial charge in [0.05, 0.1) is 0 Å². The SMILES string of the molecule is O=C(CCc1nc(-c2ccccn2)no1)Nc1ncc(Cc2ccccc2F)s1. The van der Waals surface area contributed by atoms with E-state index in [1.807, 2.05) is 6.07 Å². The molecular weight excluding hydrogens is 393 g/mol. The Hall–Kier alpha value is -3.46. The Bertz CT molecular complexity index is 1110. The van der Waals surface area contributed by atoms with Gasteiger partial charge in [0.2, 0.25) is 17.6 Å². The van der Waals surface area contributed by atoms with E-state index in [1.54, 1.807) is 42.7 Å². The molecule has 7 nitrogen and oxygen atoms in total. The number of rotatable bonds is 7. The number of halogens is 1. The Kier molecular flexibility index (Phi) is 5.66. The molecule has 0 atom stereocenters. The summed E-state index contributed by atoms with van der Waals surface area (Å²) in [6.45, 7) is 0. The molecule has 3 aromatic heterocycles. The number of benzene rings is 1. The number of hydrogen-bond acceptors (Lipinski definition) is 7. The number of nitrogens with zero attached hydrogens (tertiary/aromatic N) is 4. The predicted octanol–water partition coefficient (Wildman–Crippen LogP) is 3.89. The van der Waals surface area contributed by atoms with Crippen molar-refractivity contribution in [3.8, 4) is 11.5 Å². The van der Waals surface area contributed by atoms with Gasteiger partial charge in [-0.25, -0.2) is 9.37 Å². The van der Waals surface area contributed by atoms with Gasteiger partial charge >= 0.3 is 0 Å². The summed E-state index contributed by atoms with van der Waals surface area (Å²) in [5.41, 5.74) is 1.20. The molecule has 1 aromatic carbocycles. The van der Waals surface area contributed by atoms with Crippen LogP contribution in [0.3, 0.4) is 0 Å². The van der Waals surface area contributed by atoms with E-state index < -0.39 is 0 Å². The van der Waals surface area contributed by atoms with Crippen molar-refractivity contribution in [1.29, 1.82) is 0 Å². The zero-order valence-corrected chi connectivity index (χ0v) is 16.0. The molecule has 1 amide bonds. The maximum Gasteiger partial charge on any atom is 0.227 e. The molecule has 29 heavy (non-hydrogen) atoms. The second-order valence-corrected chi connectivity index (χ2v) is 7.29. The number of hydrogen-bond donors (Lipinski definition) is 1. The van der Waals surface area contributed by atoms with Gasteiger partial charge in [0.15, 0.2) is 5.13 Å². The van der Waals surface area contributed by atoms with Crippen molar-refractivity contribution in [3.63, 3.8) is 0 Å². The van der Waals surface area contributed by atoms with E-state index >= 15 is 0 Å². The lowest BCUT2D eigenvalue weighted by Gasteiger charge is -2.00. The molecule has 0 radical (unpaired) electrons. The fourth-order valence-electron chi connectivity index (χ4n) is 2.63. The highest BCUT2D eigenvalue weighted by atomic mass is 32.1. The van der Waals surface area contributed by atoms with Crippen LogP contribution in [0, 0.1) is 5.82 Å². The van der Waals surface area contributed by atoms with Gasteiger partial charge in [0.1, 0.15) is 11.5 Å². The van der Waals surface area contributed by atoms with Gasteiger partial charge in [0, 0.05) is 36.5 Å². The number of aromatic nitrogens is 4. The van der Waals surface area contributed by atoms with Crippen molar-refractivity contribution >= 4 is 22.4 Å². The second-order valence-electron chi connectivity index (χ2n) is 6.17. The van der Waals surface area contributed by atoms with Crippen LogP contribution in [-0.2, 0) is 17.6 Å². The number of thiazole rings is 1. The monoisotopic (exact) mass is 409 g/mol. The Morgan fingerprint density at radius 3 is 2.83 bits per heavy atom. The lowest BCUT2D eigenvalue weighted by atomic mass is 10.1. The lowest BCUT2D eigenvalue weighted by molar-refractivity contribution is -0.116. The minimum Gasteiger partial charge on any atom is -0.339 e. The van der Waals surface area contributed by atoms with Gasteiger partial charge in [-0.15, -0.1) is 11.3 Å². The van der Waals surface area contributed by atoms with Crippen LogP contribution in [-0.4, -0.2) is 26.0 Å². The van der Waals surface area contributed by atoms with Crippen LogP contribution in [0.1, 0.15) is 22.8 Å². The van der Waals surface area contributed by atoms with E-state index in [4.69, 9.17) is 4.52 Å². The van der Waals surface area contributed by atoms with E-state index in [1.165, 1.54) is 17.4 Å². The maximum absolute atomic E-state index is 13.8. The number of carbonyl (C=O) groups is 1. The van der Waals surface area contributed by atoms with Gasteiger partial charge in [-0.3, -0.25) is 9.78 Å². The third-order valence-corrected chi connectivity index (χ3v) is 4.96. The topological polar surface area (TPSA) is 93.8 Å². The summed E-state index contributed by atoms with van der Waals surface area (Å²) in [6.07, 6.45) is 4.20. The molecule has 0 bridgehead atoms. The van der Waals surface area contributed by atoms with Gasteiger partial charge in [-0.05, 0) is 23.8 Å². The highest BCUT2D eigenvalue weighted by Gasteiger charge is 2.13. The third kappa shape index (κ3) is 4.88. The lowest BCUT2D eigenvalue weighted by Crippen LogP contribution is -2.12. The minimum atomic E-state index is -0.254. The molecule has 0 spiro atoms. The normalized spacial score (nSPS) is 10.8. The molecule has 1 N–H and O–H groups in total. The van der Waals surface area contributed by atoms with Crippen molar-refractivity contribution in [2.24, 2.45) is 0 Å². The van der Waals surface area contributed by atoms with E-state index in [0.717, 1.165) is 4.88 Å². The van der Waals surface area contributed by atoms with Crippen LogP contribution < -0.4 is 5.32 Å². The molecule has 0 aliphatic carbocycles. The average molecular weight is 409 g/mol. The molecule has 0 aliphatic rings. The molecule has 0 saturated heterocycles. The zero-order chi connectivity index (χ0) is 20.1. The molecule has 3 heterocycles. The first kappa shape index (κ1) is 18.9. The summed E-state index contributed by atoms with van der Waals surface area (Å²) in [5, 5.41) is 7.09. The molecule has 0 aliphatic heterocycles. The van der Waals surface area contributed by atoms with Crippen molar-refractivity contribution in [1.82, 2.24) is 20.1 Å². The largest absolute Gasteiger partial charge is 0.339 e. The summed E-state index contributed by atoms with van der Waals surface area (Å²) in [4.78, 5) is 25.6. The minimum absolute atomic E-state index is 0.173. The Balaban J connectivity index is 1.30.